The summed E-state index contributed by atoms with van der Waals surface area (Å²) < 4.78 is 0.833. The number of benzene rings is 1. The molecule has 0 aliphatic carbocycles. The van der Waals surface area contributed by atoms with E-state index in [-0.39, 0.29) is 18.0 Å². The minimum atomic E-state index is -0.188. The fourth-order valence-corrected chi connectivity index (χ4v) is 3.07. The number of hydrogen-bond acceptors (Lipinski definition) is 2. The van der Waals surface area contributed by atoms with Crippen LogP contribution in [0.4, 0.5) is 4.79 Å². The molecule has 103 valence electrons. The van der Waals surface area contributed by atoms with Gasteiger partial charge in [0, 0.05) is 0 Å². The zero-order chi connectivity index (χ0) is 14.1. The van der Waals surface area contributed by atoms with Gasteiger partial charge in [-0.15, -0.1) is 0 Å². The molecule has 1 aromatic carbocycles. The van der Waals surface area contributed by atoms with Crippen molar-refractivity contribution in [2.75, 3.05) is 0 Å². The number of rotatable bonds is 3. The minimum absolute atomic E-state index is 0.0589. The Morgan fingerprint density at radius 1 is 1.30 bits per heavy atom. The standard InChI is InChI=1S/C14H15N3O2.V/c18-13(6-5-12-7-15-14(19)16-12)17-8-10-3-1-2-4-11(10)9-17;/h1-4,12H,5-6,8-9H2,(H2,15,16,19);. The van der Waals surface area contributed by atoms with E-state index in [2.05, 4.69) is 39.7 Å². The number of urea groups is 1. The molecule has 0 aromatic heterocycles. The van der Waals surface area contributed by atoms with E-state index >= 15 is 0 Å². The molecule has 1 fully saturated rings. The quantitative estimate of drug-likeness (QED) is 0.862. The molecule has 2 aliphatic rings. The first kappa shape index (κ1) is 13.4. The molecule has 6 heteroatoms. The fourth-order valence-electron chi connectivity index (χ4n) is 2.61. The second-order valence-corrected chi connectivity index (χ2v) is 5.85. The molecular formula is C14H15N3O2V. The summed E-state index contributed by atoms with van der Waals surface area (Å²) in [4.78, 5) is 25.3. The van der Waals surface area contributed by atoms with Gasteiger partial charge >= 0.3 is 126 Å². The number of carbonyl (C=O) groups excluding carboxylic acids is 2. The van der Waals surface area contributed by atoms with Gasteiger partial charge in [-0.25, -0.2) is 0 Å². The molecule has 2 heterocycles. The summed E-state index contributed by atoms with van der Waals surface area (Å²) in [6.07, 6.45) is 1.08. The van der Waals surface area contributed by atoms with Gasteiger partial charge in [0.25, 0.3) is 0 Å². The number of carbonyl (C=O) groups is 2. The summed E-state index contributed by atoms with van der Waals surface area (Å²) in [5, 5.41) is 5.48. The first-order valence-electron chi connectivity index (χ1n) is 6.61. The molecule has 5 nitrogen and oxygen atoms in total. The zero-order valence-electron chi connectivity index (χ0n) is 10.9. The molecule has 1 saturated heterocycles. The van der Waals surface area contributed by atoms with E-state index in [1.54, 1.807) is 0 Å². The Balaban J connectivity index is 1.54. The summed E-state index contributed by atoms with van der Waals surface area (Å²) in [6, 6.07) is 7.90. The van der Waals surface area contributed by atoms with Gasteiger partial charge in [-0.3, -0.25) is 0 Å². The van der Waals surface area contributed by atoms with Gasteiger partial charge in [-0.05, 0) is 0 Å². The Labute approximate surface area is 126 Å². The predicted molar refractivity (Wildman–Crippen MR) is 70.4 cm³/mol. The van der Waals surface area contributed by atoms with Crippen molar-refractivity contribution < 1.29 is 26.6 Å². The van der Waals surface area contributed by atoms with Gasteiger partial charge in [-0.1, -0.05) is 0 Å². The molecule has 0 bridgehead atoms. The Bertz CT molecular complexity index is 563. The molecule has 2 aliphatic heterocycles. The van der Waals surface area contributed by atoms with Crippen LogP contribution >= 0.6 is 0 Å². The van der Waals surface area contributed by atoms with Crippen LogP contribution in [0, 0.1) is 0 Å². The summed E-state index contributed by atoms with van der Waals surface area (Å²) in [5.74, 6) is 0.141. The van der Waals surface area contributed by atoms with Crippen LogP contribution in [-0.2, 0) is 34.9 Å². The third kappa shape index (κ3) is 2.64. The van der Waals surface area contributed by atoms with Gasteiger partial charge in [-0.2, -0.15) is 0 Å². The van der Waals surface area contributed by atoms with Crippen molar-refractivity contribution in [1.29, 1.82) is 0 Å². The van der Waals surface area contributed by atoms with Crippen molar-refractivity contribution in [2.45, 2.75) is 32.0 Å². The van der Waals surface area contributed by atoms with Crippen LogP contribution in [0.1, 0.15) is 24.0 Å². The molecular weight excluding hydrogens is 293 g/mol. The average Bonchev–Trinajstić information content (AvgIpc) is 2.99. The third-order valence-electron chi connectivity index (χ3n) is 3.72. The fraction of sp³-hybridized carbons (Fsp3) is 0.357. The molecule has 3 amide bonds. The van der Waals surface area contributed by atoms with E-state index in [4.69, 9.17) is 0 Å². The van der Waals surface area contributed by atoms with Gasteiger partial charge in [0.2, 0.25) is 0 Å². The molecule has 0 spiro atoms. The van der Waals surface area contributed by atoms with Gasteiger partial charge in [0.05, 0.1) is 0 Å². The van der Waals surface area contributed by atoms with Crippen LogP contribution in [0.25, 0.3) is 0 Å². The first-order chi connectivity index (χ1) is 9.63. The van der Waals surface area contributed by atoms with Crippen LogP contribution < -0.4 is 10.6 Å². The second kappa shape index (κ2) is 5.42. The average molecular weight is 308 g/mol. The summed E-state index contributed by atoms with van der Waals surface area (Å²) >= 11 is 2.35. The maximum absolute atomic E-state index is 12.2. The predicted octanol–water partition coefficient (Wildman–Crippen LogP) is 0.667. The monoisotopic (exact) mass is 308 g/mol. The zero-order valence-corrected chi connectivity index (χ0v) is 12.3. The van der Waals surface area contributed by atoms with Crippen LogP contribution in [0.3, 0.4) is 0 Å². The number of nitrogens with one attached hydrogen (secondary N) is 2. The van der Waals surface area contributed by atoms with Gasteiger partial charge in [0.15, 0.2) is 0 Å². The van der Waals surface area contributed by atoms with Crippen molar-refractivity contribution in [1.82, 2.24) is 15.5 Å². The molecule has 3 rings (SSSR count). The van der Waals surface area contributed by atoms with Gasteiger partial charge < -0.3 is 0 Å². The molecule has 1 aromatic rings. The number of amides is 3. The van der Waals surface area contributed by atoms with Crippen LogP contribution in [-0.4, -0.2) is 27.2 Å². The maximum atomic E-state index is 12.2. The molecule has 1 unspecified atom stereocenters. The van der Waals surface area contributed by atoms with E-state index in [9.17, 15) is 9.59 Å². The normalized spacial score (nSPS) is 20.6. The van der Waals surface area contributed by atoms with E-state index in [1.165, 1.54) is 11.1 Å². The Morgan fingerprint density at radius 2 is 1.95 bits per heavy atom. The summed E-state index contributed by atoms with van der Waals surface area (Å²) in [7, 11) is 0. The number of nitrogens with zero attached hydrogens (tertiary/aromatic N) is 1. The molecule has 0 saturated carbocycles. The van der Waals surface area contributed by atoms with E-state index in [0.29, 0.717) is 25.9 Å². The van der Waals surface area contributed by atoms with Crippen LogP contribution in [0.5, 0.6) is 0 Å². The van der Waals surface area contributed by atoms with E-state index in [0.717, 1.165) is 4.35 Å². The Morgan fingerprint density at radius 3 is 2.50 bits per heavy atom. The van der Waals surface area contributed by atoms with Crippen molar-refractivity contribution >= 4 is 16.3 Å². The Hall–Kier alpha value is -1.59. The van der Waals surface area contributed by atoms with E-state index in [1.807, 2.05) is 17.0 Å². The molecule has 20 heavy (non-hydrogen) atoms. The van der Waals surface area contributed by atoms with Crippen molar-refractivity contribution in [2.24, 2.45) is 0 Å². The third-order valence-corrected chi connectivity index (χ3v) is 4.38. The van der Waals surface area contributed by atoms with Gasteiger partial charge in [0.1, 0.15) is 0 Å². The van der Waals surface area contributed by atoms with Crippen LogP contribution in [0.15, 0.2) is 24.3 Å². The molecule has 2 N–H and O–H groups in total. The SMILES string of the molecule is O=C1N[C](=[V])C(CCC(=O)N2Cc3ccccc3C2)N1. The summed E-state index contributed by atoms with van der Waals surface area (Å²) in [6.45, 7) is 1.39. The second-order valence-electron chi connectivity index (χ2n) is 5.09. The van der Waals surface area contributed by atoms with Crippen molar-refractivity contribution in [3.05, 3.63) is 35.4 Å². The molecule has 0 radical (unpaired) electrons. The Kier molecular flexibility index (Phi) is 3.63. The number of hydrogen-bond donors (Lipinski definition) is 2. The van der Waals surface area contributed by atoms with Crippen LogP contribution in [0.2, 0.25) is 0 Å². The number of fused-ring (bicyclic) bond motifs is 1. The van der Waals surface area contributed by atoms with Crippen molar-refractivity contribution in [3.8, 4) is 0 Å². The molecule has 1 atom stereocenters. The first-order valence-corrected chi connectivity index (χ1v) is 7.31. The van der Waals surface area contributed by atoms with E-state index < -0.39 is 0 Å². The topological polar surface area (TPSA) is 61.4 Å². The summed E-state index contributed by atoms with van der Waals surface area (Å²) in [5.41, 5.74) is 2.46. The van der Waals surface area contributed by atoms with Crippen molar-refractivity contribution in [3.63, 3.8) is 0 Å².